The quantitative estimate of drug-likeness (QED) is 0.388. The Morgan fingerprint density at radius 1 is 1.17 bits per heavy atom. The molecular weight excluding hydrogens is 152 g/mol. The molecule has 0 amide bonds. The van der Waals surface area contributed by atoms with Crippen molar-refractivity contribution in [2.45, 2.75) is 0 Å². The maximum Gasteiger partial charge on any atom is 0.142 e. The number of benzene rings is 1. The van der Waals surface area contributed by atoms with Crippen molar-refractivity contribution in [3.63, 3.8) is 0 Å². The van der Waals surface area contributed by atoms with Gasteiger partial charge in [-0.15, -0.1) is 0 Å². The van der Waals surface area contributed by atoms with Gasteiger partial charge in [-0.2, -0.15) is 0 Å². The van der Waals surface area contributed by atoms with Gasteiger partial charge < -0.3 is 11.5 Å². The summed E-state index contributed by atoms with van der Waals surface area (Å²) in [5, 5.41) is 0. The fourth-order valence-corrected chi connectivity index (χ4v) is 0.847. The monoisotopic (exact) mass is 162 g/mol. The third-order valence-electron chi connectivity index (χ3n) is 1.48. The summed E-state index contributed by atoms with van der Waals surface area (Å²) in [5.74, 6) is 0. The van der Waals surface area contributed by atoms with Crippen molar-refractivity contribution in [2.75, 3.05) is 11.5 Å². The van der Waals surface area contributed by atoms with E-state index in [4.69, 9.17) is 11.5 Å². The molecule has 0 saturated carbocycles. The summed E-state index contributed by atoms with van der Waals surface area (Å²) in [5.41, 5.74) is 13.0. The molecule has 0 aliphatic heterocycles. The van der Waals surface area contributed by atoms with E-state index in [9.17, 15) is 4.79 Å². The molecule has 0 spiro atoms. The Balaban J connectivity index is 2.96. The number of allylic oxidation sites excluding steroid dienone is 1. The van der Waals surface area contributed by atoms with E-state index in [0.29, 0.717) is 17.7 Å². The van der Waals surface area contributed by atoms with Crippen LogP contribution in [0.2, 0.25) is 0 Å². The molecule has 0 aliphatic carbocycles. The van der Waals surface area contributed by atoms with Crippen LogP contribution in [-0.4, -0.2) is 6.29 Å². The van der Waals surface area contributed by atoms with Gasteiger partial charge in [0.05, 0.1) is 11.4 Å². The van der Waals surface area contributed by atoms with Gasteiger partial charge in [0, 0.05) is 0 Å². The van der Waals surface area contributed by atoms with Crippen LogP contribution in [0.25, 0.3) is 6.08 Å². The van der Waals surface area contributed by atoms with Gasteiger partial charge in [-0.1, -0.05) is 12.1 Å². The minimum Gasteiger partial charge on any atom is -0.397 e. The maximum absolute atomic E-state index is 9.99. The smallest absolute Gasteiger partial charge is 0.142 e. The van der Waals surface area contributed by atoms with Crippen LogP contribution >= 0.6 is 0 Å². The van der Waals surface area contributed by atoms with Crippen molar-refractivity contribution in [1.82, 2.24) is 0 Å². The Morgan fingerprint density at radius 3 is 2.50 bits per heavy atom. The first-order valence-electron chi connectivity index (χ1n) is 3.51. The zero-order valence-electron chi connectivity index (χ0n) is 6.53. The second kappa shape index (κ2) is 3.57. The number of carbonyl (C=O) groups is 1. The second-order valence-corrected chi connectivity index (χ2v) is 2.38. The van der Waals surface area contributed by atoms with Crippen LogP contribution in [0.15, 0.2) is 24.3 Å². The summed E-state index contributed by atoms with van der Waals surface area (Å²) < 4.78 is 0. The highest BCUT2D eigenvalue weighted by Gasteiger charge is 1.92. The van der Waals surface area contributed by atoms with Gasteiger partial charge in [0.15, 0.2) is 0 Å². The van der Waals surface area contributed by atoms with Gasteiger partial charge in [-0.3, -0.25) is 4.79 Å². The van der Waals surface area contributed by atoms with Crippen LogP contribution in [0.4, 0.5) is 11.4 Å². The number of aldehydes is 1. The van der Waals surface area contributed by atoms with E-state index < -0.39 is 0 Å². The number of rotatable bonds is 2. The molecular formula is C9H10N2O. The molecule has 1 aromatic rings. The molecule has 3 heteroatoms. The van der Waals surface area contributed by atoms with E-state index >= 15 is 0 Å². The fourth-order valence-electron chi connectivity index (χ4n) is 0.847. The van der Waals surface area contributed by atoms with E-state index in [1.165, 1.54) is 6.08 Å². The maximum atomic E-state index is 9.99. The van der Waals surface area contributed by atoms with Crippen LogP contribution in [-0.2, 0) is 4.79 Å². The summed E-state index contributed by atoms with van der Waals surface area (Å²) in [6, 6.07) is 5.22. The molecule has 0 saturated heterocycles. The molecule has 4 N–H and O–H groups in total. The van der Waals surface area contributed by atoms with E-state index in [1.54, 1.807) is 24.3 Å². The minimum atomic E-state index is 0.531. The van der Waals surface area contributed by atoms with Gasteiger partial charge in [0.2, 0.25) is 0 Å². The Kier molecular flexibility index (Phi) is 2.48. The molecule has 3 nitrogen and oxygen atoms in total. The molecule has 62 valence electrons. The zero-order chi connectivity index (χ0) is 8.97. The van der Waals surface area contributed by atoms with Gasteiger partial charge in [0.1, 0.15) is 6.29 Å². The van der Waals surface area contributed by atoms with E-state index in [2.05, 4.69) is 0 Å². The first-order chi connectivity index (χ1) is 5.74. The molecule has 1 aromatic carbocycles. The molecule has 1 rings (SSSR count). The lowest BCUT2D eigenvalue weighted by Gasteiger charge is -1.99. The van der Waals surface area contributed by atoms with E-state index in [-0.39, 0.29) is 0 Å². The number of nitrogens with two attached hydrogens (primary N) is 2. The van der Waals surface area contributed by atoms with Crippen molar-refractivity contribution in [3.05, 3.63) is 29.8 Å². The molecule has 0 atom stereocenters. The Morgan fingerprint density at radius 2 is 1.92 bits per heavy atom. The van der Waals surface area contributed by atoms with Crippen molar-refractivity contribution in [1.29, 1.82) is 0 Å². The molecule has 0 bridgehead atoms. The fraction of sp³-hybridized carbons (Fsp3) is 0. The predicted octanol–water partition coefficient (Wildman–Crippen LogP) is 1.06. The highest BCUT2D eigenvalue weighted by Crippen LogP contribution is 2.16. The van der Waals surface area contributed by atoms with Crippen LogP contribution < -0.4 is 11.5 Å². The largest absolute Gasteiger partial charge is 0.397 e. The second-order valence-electron chi connectivity index (χ2n) is 2.38. The summed E-state index contributed by atoms with van der Waals surface area (Å²) in [4.78, 5) is 9.99. The van der Waals surface area contributed by atoms with E-state index in [0.717, 1.165) is 5.56 Å². The highest BCUT2D eigenvalue weighted by atomic mass is 16.1. The van der Waals surface area contributed by atoms with Crippen LogP contribution in [0.5, 0.6) is 0 Å². The van der Waals surface area contributed by atoms with Crippen molar-refractivity contribution in [2.24, 2.45) is 0 Å². The average molecular weight is 162 g/mol. The number of carbonyl (C=O) groups excluding carboxylic acids is 1. The van der Waals surface area contributed by atoms with Gasteiger partial charge in [0.25, 0.3) is 0 Å². The SMILES string of the molecule is Nc1ccc(C=CC=O)cc1N. The molecule has 0 radical (unpaired) electrons. The predicted molar refractivity (Wildman–Crippen MR) is 50.4 cm³/mol. The average Bonchev–Trinajstić information content (AvgIpc) is 2.07. The normalized spacial score (nSPS) is 10.3. The lowest BCUT2D eigenvalue weighted by atomic mass is 10.1. The molecule has 0 aromatic heterocycles. The summed E-state index contributed by atoms with van der Waals surface area (Å²) in [6.45, 7) is 0. The van der Waals surface area contributed by atoms with Crippen LogP contribution in [0.1, 0.15) is 5.56 Å². The molecule has 0 unspecified atom stereocenters. The topological polar surface area (TPSA) is 69.1 Å². The van der Waals surface area contributed by atoms with Crippen LogP contribution in [0.3, 0.4) is 0 Å². The van der Waals surface area contributed by atoms with Gasteiger partial charge in [-0.05, 0) is 23.8 Å². The first kappa shape index (κ1) is 8.33. The van der Waals surface area contributed by atoms with E-state index in [1.807, 2.05) is 0 Å². The summed E-state index contributed by atoms with van der Waals surface area (Å²) in [6.07, 6.45) is 3.79. The number of nitrogen functional groups attached to an aromatic ring is 2. The molecule has 0 heterocycles. The zero-order valence-corrected chi connectivity index (χ0v) is 6.53. The third kappa shape index (κ3) is 1.85. The van der Waals surface area contributed by atoms with Gasteiger partial charge in [-0.25, -0.2) is 0 Å². The lowest BCUT2D eigenvalue weighted by Crippen LogP contribution is -1.93. The summed E-state index contributed by atoms with van der Waals surface area (Å²) >= 11 is 0. The highest BCUT2D eigenvalue weighted by molar-refractivity contribution is 5.76. The van der Waals surface area contributed by atoms with Crippen molar-refractivity contribution in [3.8, 4) is 0 Å². The standard InChI is InChI=1S/C9H10N2O/c10-8-4-3-7(2-1-5-12)6-9(8)11/h1-6H,10-11H2. The third-order valence-corrected chi connectivity index (χ3v) is 1.48. The Hall–Kier alpha value is -1.77. The first-order valence-corrected chi connectivity index (χ1v) is 3.51. The number of anilines is 2. The summed E-state index contributed by atoms with van der Waals surface area (Å²) in [7, 11) is 0. The molecule has 0 aliphatic rings. The molecule has 0 fully saturated rings. The number of hydrogen-bond donors (Lipinski definition) is 2. The lowest BCUT2D eigenvalue weighted by molar-refractivity contribution is -0.104. The van der Waals surface area contributed by atoms with Crippen molar-refractivity contribution < 1.29 is 4.79 Å². The van der Waals surface area contributed by atoms with Crippen molar-refractivity contribution >= 4 is 23.7 Å². The number of hydrogen-bond acceptors (Lipinski definition) is 3. The van der Waals surface area contributed by atoms with Gasteiger partial charge >= 0.3 is 0 Å². The Bertz CT molecular complexity index is 318. The Labute approximate surface area is 70.7 Å². The minimum absolute atomic E-state index is 0.531. The molecule has 12 heavy (non-hydrogen) atoms. The van der Waals surface area contributed by atoms with Crippen LogP contribution in [0, 0.1) is 0 Å².